The summed E-state index contributed by atoms with van der Waals surface area (Å²) in [6.45, 7) is 4.31. The Balaban J connectivity index is 1.70. The van der Waals surface area contributed by atoms with E-state index in [1.54, 1.807) is 0 Å². The summed E-state index contributed by atoms with van der Waals surface area (Å²) in [6, 6.07) is 0. The lowest BCUT2D eigenvalue weighted by molar-refractivity contribution is -0.120. The number of unbranched alkanes of at least 4 members (excludes halogenated alkanes) is 1. The van der Waals surface area contributed by atoms with Gasteiger partial charge in [0.05, 0.1) is 13.0 Å². The fourth-order valence-electron chi connectivity index (χ4n) is 2.00. The molecule has 6 nitrogen and oxygen atoms in total. The van der Waals surface area contributed by atoms with Crippen LogP contribution in [0.15, 0.2) is 4.52 Å². The number of hydrogen-bond acceptors (Lipinski definition) is 5. The van der Waals surface area contributed by atoms with E-state index in [1.807, 2.05) is 0 Å². The van der Waals surface area contributed by atoms with Gasteiger partial charge in [-0.15, -0.1) is 0 Å². The summed E-state index contributed by atoms with van der Waals surface area (Å²) in [7, 11) is 0. The first-order chi connectivity index (χ1) is 9.28. The molecular weight excluding hydrogens is 246 g/mol. The van der Waals surface area contributed by atoms with Gasteiger partial charge in [0, 0.05) is 25.5 Å². The standard InChI is InChI=1S/C13H21N3O3/c1-2-3-4-13-15-11(16-19-13)7-12(17)14-8-10-5-6-18-9-10/h10H,2-9H2,1H3,(H,14,17). The van der Waals surface area contributed by atoms with Crippen molar-refractivity contribution in [2.45, 2.75) is 39.0 Å². The van der Waals surface area contributed by atoms with Crippen molar-refractivity contribution >= 4 is 5.91 Å². The van der Waals surface area contributed by atoms with Gasteiger partial charge in [-0.2, -0.15) is 4.98 Å². The number of aromatic nitrogens is 2. The summed E-state index contributed by atoms with van der Waals surface area (Å²) in [5.74, 6) is 1.46. The van der Waals surface area contributed by atoms with E-state index in [4.69, 9.17) is 9.26 Å². The molecule has 2 heterocycles. The van der Waals surface area contributed by atoms with Gasteiger partial charge in [-0.05, 0) is 12.8 Å². The average molecular weight is 267 g/mol. The maximum absolute atomic E-state index is 11.7. The second kappa shape index (κ2) is 7.23. The molecule has 1 fully saturated rings. The van der Waals surface area contributed by atoms with Crippen LogP contribution in [0.4, 0.5) is 0 Å². The minimum atomic E-state index is -0.0604. The number of carbonyl (C=O) groups excluding carboxylic acids is 1. The van der Waals surface area contributed by atoms with Crippen LogP contribution in [0.1, 0.15) is 37.9 Å². The number of nitrogens with zero attached hydrogens (tertiary/aromatic N) is 2. The van der Waals surface area contributed by atoms with E-state index in [1.165, 1.54) is 0 Å². The van der Waals surface area contributed by atoms with Crippen LogP contribution in [0.25, 0.3) is 0 Å². The van der Waals surface area contributed by atoms with Crippen LogP contribution in [0.3, 0.4) is 0 Å². The lowest BCUT2D eigenvalue weighted by Crippen LogP contribution is -2.30. The molecule has 1 aromatic rings. The molecule has 2 rings (SSSR count). The smallest absolute Gasteiger partial charge is 0.227 e. The van der Waals surface area contributed by atoms with E-state index in [2.05, 4.69) is 22.4 Å². The van der Waals surface area contributed by atoms with Crippen molar-refractivity contribution in [2.75, 3.05) is 19.8 Å². The highest BCUT2D eigenvalue weighted by atomic mass is 16.5. The lowest BCUT2D eigenvalue weighted by Gasteiger charge is -2.07. The second-order valence-electron chi connectivity index (χ2n) is 4.92. The Kier molecular flexibility index (Phi) is 5.32. The maximum atomic E-state index is 11.7. The van der Waals surface area contributed by atoms with Gasteiger partial charge in [0.1, 0.15) is 0 Å². The first kappa shape index (κ1) is 14.0. The van der Waals surface area contributed by atoms with Crippen molar-refractivity contribution < 1.29 is 14.1 Å². The SMILES string of the molecule is CCCCc1nc(CC(=O)NCC2CCOC2)no1. The van der Waals surface area contributed by atoms with Crippen LogP contribution in [0.2, 0.25) is 0 Å². The van der Waals surface area contributed by atoms with Crippen LogP contribution >= 0.6 is 0 Å². The molecular formula is C13H21N3O3. The predicted molar refractivity (Wildman–Crippen MR) is 68.5 cm³/mol. The van der Waals surface area contributed by atoms with E-state index < -0.39 is 0 Å². The Hall–Kier alpha value is -1.43. The fourth-order valence-corrected chi connectivity index (χ4v) is 2.00. The zero-order chi connectivity index (χ0) is 13.5. The topological polar surface area (TPSA) is 77.2 Å². The normalized spacial score (nSPS) is 18.7. The van der Waals surface area contributed by atoms with E-state index in [-0.39, 0.29) is 12.3 Å². The highest BCUT2D eigenvalue weighted by Crippen LogP contribution is 2.10. The van der Waals surface area contributed by atoms with Gasteiger partial charge in [-0.25, -0.2) is 0 Å². The molecule has 0 radical (unpaired) electrons. The van der Waals surface area contributed by atoms with Crippen molar-refractivity contribution in [3.05, 3.63) is 11.7 Å². The molecule has 0 spiro atoms. The van der Waals surface area contributed by atoms with Gasteiger partial charge < -0.3 is 14.6 Å². The third-order valence-electron chi connectivity index (χ3n) is 3.18. The van der Waals surface area contributed by atoms with E-state index in [0.29, 0.717) is 24.2 Å². The van der Waals surface area contributed by atoms with Crippen molar-refractivity contribution in [3.8, 4) is 0 Å². The zero-order valence-electron chi connectivity index (χ0n) is 11.4. The Morgan fingerprint density at radius 1 is 1.53 bits per heavy atom. The lowest BCUT2D eigenvalue weighted by atomic mass is 10.1. The molecule has 1 unspecified atom stereocenters. The summed E-state index contributed by atoms with van der Waals surface area (Å²) < 4.78 is 10.3. The van der Waals surface area contributed by atoms with E-state index in [9.17, 15) is 4.79 Å². The molecule has 1 N–H and O–H groups in total. The average Bonchev–Trinajstić information content (AvgIpc) is 3.05. The predicted octanol–water partition coefficient (Wildman–Crippen LogP) is 1.11. The molecule has 1 saturated heterocycles. The Labute approximate surface area is 112 Å². The molecule has 0 aromatic carbocycles. The molecule has 106 valence electrons. The van der Waals surface area contributed by atoms with Gasteiger partial charge in [0.2, 0.25) is 11.8 Å². The first-order valence-corrected chi connectivity index (χ1v) is 6.94. The minimum Gasteiger partial charge on any atom is -0.381 e. The molecule has 1 aliphatic heterocycles. The number of amides is 1. The van der Waals surface area contributed by atoms with Gasteiger partial charge in [-0.3, -0.25) is 4.79 Å². The second-order valence-corrected chi connectivity index (χ2v) is 4.92. The van der Waals surface area contributed by atoms with Crippen molar-refractivity contribution in [1.29, 1.82) is 0 Å². The number of carbonyl (C=O) groups is 1. The molecule has 1 aliphatic rings. The van der Waals surface area contributed by atoms with E-state index >= 15 is 0 Å². The highest BCUT2D eigenvalue weighted by molar-refractivity contribution is 5.77. The van der Waals surface area contributed by atoms with Crippen LogP contribution in [-0.4, -0.2) is 35.8 Å². The van der Waals surface area contributed by atoms with Crippen LogP contribution in [0, 0.1) is 5.92 Å². The fraction of sp³-hybridized carbons (Fsp3) is 0.769. The summed E-state index contributed by atoms with van der Waals surface area (Å²) in [5, 5.41) is 6.70. The number of hydrogen-bond donors (Lipinski definition) is 1. The first-order valence-electron chi connectivity index (χ1n) is 6.94. The largest absolute Gasteiger partial charge is 0.381 e. The van der Waals surface area contributed by atoms with Gasteiger partial charge in [0.25, 0.3) is 0 Å². The summed E-state index contributed by atoms with van der Waals surface area (Å²) in [5.41, 5.74) is 0. The molecule has 1 aromatic heterocycles. The van der Waals surface area contributed by atoms with Gasteiger partial charge in [-0.1, -0.05) is 18.5 Å². The monoisotopic (exact) mass is 267 g/mol. The van der Waals surface area contributed by atoms with Crippen molar-refractivity contribution in [2.24, 2.45) is 5.92 Å². The van der Waals surface area contributed by atoms with Crippen molar-refractivity contribution in [3.63, 3.8) is 0 Å². The highest BCUT2D eigenvalue weighted by Gasteiger charge is 2.17. The number of rotatable bonds is 7. The maximum Gasteiger partial charge on any atom is 0.227 e. The van der Waals surface area contributed by atoms with Crippen LogP contribution < -0.4 is 5.32 Å². The van der Waals surface area contributed by atoms with Crippen LogP contribution in [-0.2, 0) is 22.4 Å². The molecule has 6 heteroatoms. The van der Waals surface area contributed by atoms with Crippen LogP contribution in [0.5, 0.6) is 0 Å². The third kappa shape index (κ3) is 4.63. The number of nitrogens with one attached hydrogen (secondary N) is 1. The quantitative estimate of drug-likeness (QED) is 0.800. The molecule has 1 atom stereocenters. The zero-order valence-corrected chi connectivity index (χ0v) is 11.4. The summed E-state index contributed by atoms with van der Waals surface area (Å²) >= 11 is 0. The molecule has 1 amide bonds. The van der Waals surface area contributed by atoms with Gasteiger partial charge in [0.15, 0.2) is 5.82 Å². The van der Waals surface area contributed by atoms with E-state index in [0.717, 1.165) is 38.9 Å². The van der Waals surface area contributed by atoms with Gasteiger partial charge >= 0.3 is 0 Å². The van der Waals surface area contributed by atoms with Crippen molar-refractivity contribution in [1.82, 2.24) is 15.5 Å². The molecule has 0 saturated carbocycles. The summed E-state index contributed by atoms with van der Waals surface area (Å²) in [6.07, 6.45) is 4.09. The Morgan fingerprint density at radius 2 is 2.42 bits per heavy atom. The molecule has 0 aliphatic carbocycles. The molecule has 0 bridgehead atoms. The Bertz CT molecular complexity index is 400. The number of ether oxygens (including phenoxy) is 1. The summed E-state index contributed by atoms with van der Waals surface area (Å²) in [4.78, 5) is 15.9. The minimum absolute atomic E-state index is 0.0604. The third-order valence-corrected chi connectivity index (χ3v) is 3.18. The Morgan fingerprint density at radius 3 is 3.16 bits per heavy atom. The number of aryl methyl sites for hydroxylation is 1. The molecule has 19 heavy (non-hydrogen) atoms.